The molecule has 2 heterocycles. The molecule has 1 aliphatic rings. The standard InChI is InChI=1S/C16H27N3S2.HI/c1-3-17-16(19-14-6-4-8-20-12-14)18-11-13(2)10-15-7-5-9-21-15;/h5,7,9,13-14H,3-4,6,8,10-12H2,1-2H3,(H2,17,18,19);1H. The fourth-order valence-electron chi connectivity index (χ4n) is 2.45. The number of hydrogen-bond acceptors (Lipinski definition) is 3. The van der Waals surface area contributed by atoms with E-state index in [0.29, 0.717) is 12.0 Å². The number of hydrogen-bond donors (Lipinski definition) is 2. The summed E-state index contributed by atoms with van der Waals surface area (Å²) in [5.74, 6) is 4.08. The van der Waals surface area contributed by atoms with Gasteiger partial charge in [-0.1, -0.05) is 13.0 Å². The smallest absolute Gasteiger partial charge is 0.191 e. The quantitative estimate of drug-likeness (QED) is 0.389. The molecule has 1 fully saturated rings. The van der Waals surface area contributed by atoms with Crippen LogP contribution in [0.1, 0.15) is 31.6 Å². The number of aliphatic imine (C=N–C) groups is 1. The second kappa shape index (κ2) is 11.6. The molecule has 22 heavy (non-hydrogen) atoms. The predicted octanol–water partition coefficient (Wildman–Crippen LogP) is 4.00. The van der Waals surface area contributed by atoms with Gasteiger partial charge in [-0.15, -0.1) is 35.3 Å². The van der Waals surface area contributed by atoms with E-state index in [4.69, 9.17) is 4.99 Å². The van der Waals surface area contributed by atoms with Crippen LogP contribution in [-0.4, -0.2) is 36.6 Å². The van der Waals surface area contributed by atoms with Crippen molar-refractivity contribution < 1.29 is 0 Å². The van der Waals surface area contributed by atoms with Crippen LogP contribution in [0, 0.1) is 5.92 Å². The molecule has 0 amide bonds. The van der Waals surface area contributed by atoms with Crippen LogP contribution in [0.15, 0.2) is 22.5 Å². The summed E-state index contributed by atoms with van der Waals surface area (Å²) in [6.07, 6.45) is 3.71. The fraction of sp³-hybridized carbons (Fsp3) is 0.688. The molecule has 126 valence electrons. The summed E-state index contributed by atoms with van der Waals surface area (Å²) in [6.45, 7) is 6.21. The first-order valence-electron chi connectivity index (χ1n) is 7.93. The molecule has 1 aromatic heterocycles. The topological polar surface area (TPSA) is 36.4 Å². The Morgan fingerprint density at radius 1 is 1.50 bits per heavy atom. The van der Waals surface area contributed by atoms with Crippen molar-refractivity contribution in [1.29, 1.82) is 0 Å². The third-order valence-corrected chi connectivity index (χ3v) is 5.65. The Morgan fingerprint density at radius 3 is 3.00 bits per heavy atom. The summed E-state index contributed by atoms with van der Waals surface area (Å²) in [6, 6.07) is 4.92. The van der Waals surface area contributed by atoms with Gasteiger partial charge in [0.05, 0.1) is 0 Å². The predicted molar refractivity (Wildman–Crippen MR) is 112 cm³/mol. The molecule has 6 heteroatoms. The highest BCUT2D eigenvalue weighted by molar-refractivity contribution is 14.0. The van der Waals surface area contributed by atoms with Crippen molar-refractivity contribution in [3.63, 3.8) is 0 Å². The van der Waals surface area contributed by atoms with Crippen molar-refractivity contribution in [2.24, 2.45) is 10.9 Å². The highest BCUT2D eigenvalue weighted by Gasteiger charge is 2.15. The zero-order valence-electron chi connectivity index (χ0n) is 13.5. The van der Waals surface area contributed by atoms with Crippen molar-refractivity contribution in [1.82, 2.24) is 10.6 Å². The minimum absolute atomic E-state index is 0. The number of thiophene rings is 1. The molecule has 3 nitrogen and oxygen atoms in total. The van der Waals surface area contributed by atoms with Crippen molar-refractivity contribution >= 4 is 53.0 Å². The second-order valence-corrected chi connectivity index (χ2v) is 7.85. The molecule has 0 spiro atoms. The SMILES string of the molecule is CCNC(=NCC(C)Cc1cccs1)NC1CCCSC1.I. The number of nitrogens with zero attached hydrogens (tertiary/aromatic N) is 1. The van der Waals surface area contributed by atoms with Gasteiger partial charge in [0, 0.05) is 29.8 Å². The highest BCUT2D eigenvalue weighted by Crippen LogP contribution is 2.17. The first kappa shape index (κ1) is 20.1. The summed E-state index contributed by atoms with van der Waals surface area (Å²) < 4.78 is 0. The zero-order valence-corrected chi connectivity index (χ0v) is 17.5. The Hall–Kier alpha value is 0.0500. The summed E-state index contributed by atoms with van der Waals surface area (Å²) in [5, 5.41) is 9.12. The van der Waals surface area contributed by atoms with E-state index in [9.17, 15) is 0 Å². The molecular formula is C16H28IN3S2. The van der Waals surface area contributed by atoms with Gasteiger partial charge in [-0.25, -0.2) is 0 Å². The second-order valence-electron chi connectivity index (χ2n) is 5.67. The molecule has 0 saturated carbocycles. The molecule has 2 unspecified atom stereocenters. The van der Waals surface area contributed by atoms with Gasteiger partial charge in [-0.3, -0.25) is 4.99 Å². The van der Waals surface area contributed by atoms with Crippen molar-refractivity contribution in [3.8, 4) is 0 Å². The Balaban J connectivity index is 0.00000242. The molecule has 0 aliphatic carbocycles. The number of thioether (sulfide) groups is 1. The Labute approximate surface area is 160 Å². The van der Waals surface area contributed by atoms with Gasteiger partial charge >= 0.3 is 0 Å². The molecule has 1 saturated heterocycles. The van der Waals surface area contributed by atoms with Crippen LogP contribution >= 0.6 is 47.1 Å². The highest BCUT2D eigenvalue weighted by atomic mass is 127. The number of rotatable bonds is 6. The molecule has 1 aromatic rings. The Morgan fingerprint density at radius 2 is 2.36 bits per heavy atom. The third kappa shape index (κ3) is 7.55. The molecule has 1 aliphatic heterocycles. The largest absolute Gasteiger partial charge is 0.357 e. The van der Waals surface area contributed by atoms with Crippen LogP contribution in [0.25, 0.3) is 0 Å². The maximum atomic E-state index is 4.78. The van der Waals surface area contributed by atoms with E-state index in [1.165, 1.54) is 29.2 Å². The summed E-state index contributed by atoms with van der Waals surface area (Å²) in [7, 11) is 0. The van der Waals surface area contributed by atoms with E-state index in [-0.39, 0.29) is 24.0 Å². The van der Waals surface area contributed by atoms with E-state index in [1.54, 1.807) is 0 Å². The molecule has 0 bridgehead atoms. The van der Waals surface area contributed by atoms with Gasteiger partial charge in [-0.05, 0) is 49.3 Å². The van der Waals surface area contributed by atoms with Gasteiger partial charge < -0.3 is 10.6 Å². The fourth-order valence-corrected chi connectivity index (χ4v) is 4.39. The first-order chi connectivity index (χ1) is 10.3. The van der Waals surface area contributed by atoms with Gasteiger partial charge in [0.1, 0.15) is 0 Å². The molecule has 0 radical (unpaired) electrons. The zero-order chi connectivity index (χ0) is 14.9. The van der Waals surface area contributed by atoms with Crippen LogP contribution in [0.2, 0.25) is 0 Å². The van der Waals surface area contributed by atoms with Gasteiger partial charge in [0.15, 0.2) is 5.96 Å². The van der Waals surface area contributed by atoms with Crippen LogP contribution in [-0.2, 0) is 6.42 Å². The van der Waals surface area contributed by atoms with E-state index in [2.05, 4.69) is 42.0 Å². The van der Waals surface area contributed by atoms with E-state index < -0.39 is 0 Å². The van der Waals surface area contributed by atoms with Gasteiger partial charge in [-0.2, -0.15) is 11.8 Å². The molecular weight excluding hydrogens is 425 g/mol. The number of guanidine groups is 1. The Kier molecular flexibility index (Phi) is 10.6. The van der Waals surface area contributed by atoms with Gasteiger partial charge in [0.25, 0.3) is 0 Å². The summed E-state index contributed by atoms with van der Waals surface area (Å²) in [4.78, 5) is 6.24. The lowest BCUT2D eigenvalue weighted by molar-refractivity contribution is 0.568. The number of nitrogens with one attached hydrogen (secondary N) is 2. The van der Waals surface area contributed by atoms with E-state index >= 15 is 0 Å². The lowest BCUT2D eigenvalue weighted by Crippen LogP contribution is -2.45. The third-order valence-electron chi connectivity index (χ3n) is 3.54. The van der Waals surface area contributed by atoms with Crippen molar-refractivity contribution in [3.05, 3.63) is 22.4 Å². The molecule has 0 aromatic carbocycles. The van der Waals surface area contributed by atoms with Crippen LogP contribution < -0.4 is 10.6 Å². The normalized spacial score (nSPS) is 20.1. The molecule has 2 atom stereocenters. The average molecular weight is 453 g/mol. The van der Waals surface area contributed by atoms with E-state index in [0.717, 1.165) is 25.5 Å². The summed E-state index contributed by atoms with van der Waals surface area (Å²) in [5.41, 5.74) is 0. The van der Waals surface area contributed by atoms with Crippen molar-refractivity contribution in [2.45, 2.75) is 39.2 Å². The number of halogens is 1. The first-order valence-corrected chi connectivity index (χ1v) is 9.96. The maximum absolute atomic E-state index is 4.78. The Bertz CT molecular complexity index is 417. The van der Waals surface area contributed by atoms with E-state index in [1.807, 2.05) is 23.1 Å². The van der Waals surface area contributed by atoms with Gasteiger partial charge in [0.2, 0.25) is 0 Å². The average Bonchev–Trinajstić information content (AvgIpc) is 2.99. The summed E-state index contributed by atoms with van der Waals surface area (Å²) >= 11 is 3.89. The van der Waals surface area contributed by atoms with Crippen LogP contribution in [0.3, 0.4) is 0 Å². The molecule has 2 rings (SSSR count). The van der Waals surface area contributed by atoms with Crippen LogP contribution in [0.4, 0.5) is 0 Å². The monoisotopic (exact) mass is 453 g/mol. The minimum Gasteiger partial charge on any atom is -0.357 e. The molecule has 2 N–H and O–H groups in total. The lowest BCUT2D eigenvalue weighted by Gasteiger charge is -2.24. The van der Waals surface area contributed by atoms with Crippen LogP contribution in [0.5, 0.6) is 0 Å². The van der Waals surface area contributed by atoms with Crippen molar-refractivity contribution in [2.75, 3.05) is 24.6 Å². The maximum Gasteiger partial charge on any atom is 0.191 e. The lowest BCUT2D eigenvalue weighted by atomic mass is 10.1. The minimum atomic E-state index is 0.